The van der Waals surface area contributed by atoms with Crippen LogP contribution in [0.25, 0.3) is 0 Å². The van der Waals surface area contributed by atoms with Crippen molar-refractivity contribution in [1.29, 1.82) is 0 Å². The molecular weight excluding hydrogens is 225 g/mol. The summed E-state index contributed by atoms with van der Waals surface area (Å²) >= 11 is 0. The highest BCUT2D eigenvalue weighted by Gasteiger charge is 2.10. The lowest BCUT2D eigenvalue weighted by atomic mass is 10.1. The summed E-state index contributed by atoms with van der Waals surface area (Å²) in [6, 6.07) is 2.78. The van der Waals surface area contributed by atoms with Crippen LogP contribution in [0.2, 0.25) is 0 Å². The van der Waals surface area contributed by atoms with Crippen molar-refractivity contribution < 1.29 is 14.3 Å². The highest BCUT2D eigenvalue weighted by atomic mass is 19.1. The molecule has 1 aromatic rings. The number of aldehydes is 1. The van der Waals surface area contributed by atoms with Gasteiger partial charge in [-0.05, 0) is 25.0 Å². The minimum Gasteiger partial charge on any atom is -0.372 e. The quantitative estimate of drug-likeness (QED) is 0.620. The summed E-state index contributed by atoms with van der Waals surface area (Å²) in [4.78, 5) is 21.8. The van der Waals surface area contributed by atoms with Gasteiger partial charge in [-0.2, -0.15) is 9.37 Å². The fourth-order valence-corrected chi connectivity index (χ4v) is 1.41. The van der Waals surface area contributed by atoms with Crippen molar-refractivity contribution in [1.82, 2.24) is 4.98 Å². The zero-order chi connectivity index (χ0) is 12.3. The Morgan fingerprint density at radius 2 is 2.35 bits per heavy atom. The molecule has 6 heteroatoms. The normalized spacial score (nSPS) is 21.8. The third-order valence-corrected chi connectivity index (χ3v) is 2.30. The monoisotopic (exact) mass is 235 g/mol. The average Bonchev–Trinajstić information content (AvgIpc) is 2.32. The van der Waals surface area contributed by atoms with Crippen molar-refractivity contribution in [2.75, 3.05) is 0 Å². The second-order valence-electron chi connectivity index (χ2n) is 3.57. The molecule has 0 aromatic carbocycles. The Bertz CT molecular complexity index is 499. The van der Waals surface area contributed by atoms with Crippen LogP contribution in [0.1, 0.15) is 23.2 Å². The van der Waals surface area contributed by atoms with Gasteiger partial charge in [0.2, 0.25) is 5.95 Å². The summed E-state index contributed by atoms with van der Waals surface area (Å²) in [6.45, 7) is 0. The molecule has 1 atom stereocenters. The number of nitrogens with zero attached hydrogens (tertiary/aromatic N) is 3. The fourth-order valence-electron chi connectivity index (χ4n) is 1.41. The Morgan fingerprint density at radius 3 is 2.94 bits per heavy atom. The first-order chi connectivity index (χ1) is 8.19. The highest BCUT2D eigenvalue weighted by Crippen LogP contribution is 2.14. The van der Waals surface area contributed by atoms with Crippen LogP contribution in [-0.2, 0) is 0 Å². The molecule has 0 bridgehead atoms. The third kappa shape index (κ3) is 2.79. The molecule has 2 rings (SSSR count). The van der Waals surface area contributed by atoms with E-state index in [4.69, 9.17) is 5.11 Å². The number of hydrogen-bond acceptors (Lipinski definition) is 5. The van der Waals surface area contributed by atoms with Gasteiger partial charge in [0.15, 0.2) is 12.1 Å². The minimum atomic E-state index is -0.838. The second kappa shape index (κ2) is 4.92. The van der Waals surface area contributed by atoms with E-state index in [1.807, 2.05) is 0 Å². The van der Waals surface area contributed by atoms with Gasteiger partial charge in [-0.1, -0.05) is 0 Å². The fraction of sp³-hybridized carbons (Fsp3) is 0.273. The van der Waals surface area contributed by atoms with Crippen molar-refractivity contribution in [2.45, 2.75) is 19.1 Å². The molecule has 1 unspecified atom stereocenters. The molecule has 0 amide bonds. The van der Waals surface area contributed by atoms with Crippen LogP contribution in [0, 0.1) is 5.95 Å². The van der Waals surface area contributed by atoms with E-state index in [-0.39, 0.29) is 11.4 Å². The number of aromatic nitrogens is 1. The number of carbonyl (C=O) groups is 1. The summed E-state index contributed by atoms with van der Waals surface area (Å²) in [7, 11) is 0. The number of hydrogen-bond donors (Lipinski definition) is 1. The number of carbonyl (C=O) groups excluding carboxylic acids is 1. The van der Waals surface area contributed by atoms with E-state index in [0.29, 0.717) is 24.8 Å². The lowest BCUT2D eigenvalue weighted by Crippen LogP contribution is -2.15. The van der Waals surface area contributed by atoms with Crippen LogP contribution >= 0.6 is 0 Å². The molecule has 2 heterocycles. The molecule has 0 saturated carbocycles. The van der Waals surface area contributed by atoms with E-state index >= 15 is 0 Å². The second-order valence-corrected chi connectivity index (χ2v) is 3.57. The number of aliphatic hydroxyl groups is 1. The number of halogens is 1. The van der Waals surface area contributed by atoms with E-state index in [1.165, 1.54) is 18.3 Å². The van der Waals surface area contributed by atoms with Gasteiger partial charge in [0.25, 0.3) is 0 Å². The maximum atomic E-state index is 13.2. The molecule has 0 fully saturated rings. The van der Waals surface area contributed by atoms with Crippen LogP contribution in [0.3, 0.4) is 0 Å². The largest absolute Gasteiger partial charge is 0.372 e. The Labute approximate surface area is 96.7 Å². The predicted octanol–water partition coefficient (Wildman–Crippen LogP) is 1.29. The van der Waals surface area contributed by atoms with Gasteiger partial charge in [-0.25, -0.2) is 4.99 Å². The van der Waals surface area contributed by atoms with Crippen molar-refractivity contribution in [2.24, 2.45) is 9.98 Å². The summed E-state index contributed by atoms with van der Waals surface area (Å²) in [6.07, 6.45) is 2.21. The molecular formula is C11H10FN3O2. The van der Waals surface area contributed by atoms with E-state index < -0.39 is 12.2 Å². The topological polar surface area (TPSA) is 74.9 Å². The lowest BCUT2D eigenvalue weighted by molar-refractivity contribution is 0.111. The molecule has 0 saturated heterocycles. The summed E-state index contributed by atoms with van der Waals surface area (Å²) in [5.74, 6) is -0.652. The summed E-state index contributed by atoms with van der Waals surface area (Å²) in [5, 5.41) is 9.14. The van der Waals surface area contributed by atoms with E-state index in [0.717, 1.165) is 0 Å². The van der Waals surface area contributed by atoms with Gasteiger partial charge in [0.1, 0.15) is 6.23 Å². The van der Waals surface area contributed by atoms with Gasteiger partial charge < -0.3 is 5.11 Å². The van der Waals surface area contributed by atoms with Crippen LogP contribution in [0.4, 0.5) is 10.2 Å². The van der Waals surface area contributed by atoms with Crippen LogP contribution in [-0.4, -0.2) is 34.5 Å². The predicted molar refractivity (Wildman–Crippen MR) is 60.4 cm³/mol. The van der Waals surface area contributed by atoms with Crippen molar-refractivity contribution in [3.63, 3.8) is 0 Å². The number of aliphatic hydroxyl groups excluding tert-OH is 1. The maximum Gasteiger partial charge on any atom is 0.225 e. The average molecular weight is 235 g/mol. The standard InChI is InChI=1S/C11H10FN3O2/c12-11-7(6-16)1-3-9(15-11)14-8-2-4-10(17)13-5-8/h1,3,5-6,10,17H,2,4H2. The lowest BCUT2D eigenvalue weighted by Gasteiger charge is -2.10. The van der Waals surface area contributed by atoms with Crippen LogP contribution in [0.15, 0.2) is 22.1 Å². The van der Waals surface area contributed by atoms with E-state index in [1.54, 1.807) is 0 Å². The first-order valence-corrected chi connectivity index (χ1v) is 5.09. The van der Waals surface area contributed by atoms with Crippen LogP contribution in [0.5, 0.6) is 0 Å². The Kier molecular flexibility index (Phi) is 3.34. The van der Waals surface area contributed by atoms with Gasteiger partial charge in [-0.3, -0.25) is 9.79 Å². The first kappa shape index (κ1) is 11.5. The SMILES string of the molecule is O=Cc1ccc(N=C2C=NC(O)CC2)nc1F. The highest BCUT2D eigenvalue weighted by molar-refractivity contribution is 6.31. The Balaban J connectivity index is 2.24. The number of rotatable bonds is 2. The third-order valence-electron chi connectivity index (χ3n) is 2.30. The number of aliphatic imine (C=N–C) groups is 2. The molecule has 1 N–H and O–H groups in total. The Morgan fingerprint density at radius 1 is 1.53 bits per heavy atom. The molecule has 0 aliphatic carbocycles. The van der Waals surface area contributed by atoms with Gasteiger partial charge in [-0.15, -0.1) is 0 Å². The molecule has 88 valence electrons. The van der Waals surface area contributed by atoms with Gasteiger partial charge in [0, 0.05) is 6.21 Å². The molecule has 1 aliphatic rings. The maximum absolute atomic E-state index is 13.2. The molecule has 0 radical (unpaired) electrons. The van der Waals surface area contributed by atoms with Crippen molar-refractivity contribution in [3.8, 4) is 0 Å². The van der Waals surface area contributed by atoms with Crippen molar-refractivity contribution in [3.05, 3.63) is 23.6 Å². The zero-order valence-electron chi connectivity index (χ0n) is 8.88. The first-order valence-electron chi connectivity index (χ1n) is 5.09. The van der Waals surface area contributed by atoms with Gasteiger partial charge in [0.05, 0.1) is 11.3 Å². The molecule has 1 aliphatic heterocycles. The van der Waals surface area contributed by atoms with Crippen molar-refractivity contribution >= 4 is 24.0 Å². The number of pyridine rings is 1. The van der Waals surface area contributed by atoms with E-state index in [9.17, 15) is 9.18 Å². The Hall–Kier alpha value is -1.95. The molecule has 0 spiro atoms. The smallest absolute Gasteiger partial charge is 0.225 e. The molecule has 5 nitrogen and oxygen atoms in total. The summed E-state index contributed by atoms with van der Waals surface area (Å²) in [5.41, 5.74) is 0.530. The minimum absolute atomic E-state index is 0.0957. The molecule has 17 heavy (non-hydrogen) atoms. The molecule has 1 aromatic heterocycles. The van der Waals surface area contributed by atoms with Gasteiger partial charge >= 0.3 is 0 Å². The van der Waals surface area contributed by atoms with Crippen LogP contribution < -0.4 is 0 Å². The van der Waals surface area contributed by atoms with E-state index in [2.05, 4.69) is 15.0 Å². The zero-order valence-corrected chi connectivity index (χ0v) is 8.88. The summed E-state index contributed by atoms with van der Waals surface area (Å²) < 4.78 is 13.2.